The third-order valence-corrected chi connectivity index (χ3v) is 5.62. The molecule has 2 aliphatic rings. The van der Waals surface area contributed by atoms with Gasteiger partial charge in [-0.3, -0.25) is 19.3 Å². The summed E-state index contributed by atoms with van der Waals surface area (Å²) in [5.74, 6) is -2.00. The molecule has 3 atom stereocenters. The van der Waals surface area contributed by atoms with Crippen molar-refractivity contribution in [3.8, 4) is 0 Å². The third-order valence-electron chi connectivity index (χ3n) is 5.62. The lowest BCUT2D eigenvalue weighted by molar-refractivity contribution is -0.143. The van der Waals surface area contributed by atoms with E-state index in [-0.39, 0.29) is 12.5 Å². The summed E-state index contributed by atoms with van der Waals surface area (Å²) in [4.78, 5) is 33.7. The predicted octanol–water partition coefficient (Wildman–Crippen LogP) is 3.87. The summed E-state index contributed by atoms with van der Waals surface area (Å²) in [5.41, 5.74) is 1.84. The Kier molecular flexibility index (Phi) is 4.56. The first-order valence-corrected chi connectivity index (χ1v) is 9.80. The van der Waals surface area contributed by atoms with E-state index in [9.17, 15) is 14.0 Å². The number of imide groups is 1. The van der Waals surface area contributed by atoms with Crippen LogP contribution in [0.4, 0.5) is 10.1 Å². The molecule has 0 N–H and O–H groups in total. The molecule has 30 heavy (non-hydrogen) atoms. The molecule has 3 aromatic carbocycles. The number of carbonyl (C=O) groups is 2. The van der Waals surface area contributed by atoms with Gasteiger partial charge in [0.2, 0.25) is 5.91 Å². The third kappa shape index (κ3) is 2.97. The molecule has 2 heterocycles. The molecule has 0 bridgehead atoms. The van der Waals surface area contributed by atoms with Crippen molar-refractivity contribution in [3.63, 3.8) is 0 Å². The van der Waals surface area contributed by atoms with Crippen molar-refractivity contribution in [2.45, 2.75) is 18.7 Å². The fourth-order valence-corrected chi connectivity index (χ4v) is 4.22. The number of anilines is 1. The molecule has 0 aliphatic carbocycles. The van der Waals surface area contributed by atoms with Gasteiger partial charge in [-0.05, 0) is 23.8 Å². The van der Waals surface area contributed by atoms with E-state index in [0.717, 1.165) is 5.56 Å². The van der Waals surface area contributed by atoms with Gasteiger partial charge in [0.1, 0.15) is 11.7 Å². The largest absolute Gasteiger partial charge is 0.275 e. The van der Waals surface area contributed by atoms with Crippen molar-refractivity contribution in [1.82, 2.24) is 4.90 Å². The van der Waals surface area contributed by atoms with Crippen molar-refractivity contribution in [2.24, 2.45) is 5.92 Å². The number of hydrogen-bond donors (Lipinski definition) is 0. The maximum absolute atomic E-state index is 14.8. The number of para-hydroxylation sites is 1. The van der Waals surface area contributed by atoms with Crippen molar-refractivity contribution in [2.75, 3.05) is 5.06 Å². The quantitative estimate of drug-likeness (QED) is 0.622. The van der Waals surface area contributed by atoms with Crippen LogP contribution in [0, 0.1) is 11.7 Å². The molecule has 150 valence electrons. The highest BCUT2D eigenvalue weighted by atomic mass is 19.1. The van der Waals surface area contributed by atoms with E-state index < -0.39 is 29.8 Å². The second kappa shape index (κ2) is 7.39. The molecule has 0 aromatic heterocycles. The molecule has 0 radical (unpaired) electrons. The number of hydrogen-bond acceptors (Lipinski definition) is 4. The van der Waals surface area contributed by atoms with E-state index in [0.29, 0.717) is 11.3 Å². The van der Waals surface area contributed by atoms with Crippen LogP contribution in [0.15, 0.2) is 84.9 Å². The summed E-state index contributed by atoms with van der Waals surface area (Å²) in [6.45, 7) is 0.171. The van der Waals surface area contributed by atoms with Crippen LogP contribution in [0.3, 0.4) is 0 Å². The average molecular weight is 402 g/mol. The van der Waals surface area contributed by atoms with Crippen LogP contribution in [-0.2, 0) is 21.0 Å². The van der Waals surface area contributed by atoms with Crippen LogP contribution in [0.5, 0.6) is 0 Å². The van der Waals surface area contributed by atoms with Crippen LogP contribution < -0.4 is 5.06 Å². The number of likely N-dealkylation sites (tertiary alicyclic amines) is 1. The molecule has 0 unspecified atom stereocenters. The molecule has 0 saturated carbocycles. The molecule has 0 spiro atoms. The minimum absolute atomic E-state index is 0.171. The molecular formula is C24H19FN2O3. The smallest absolute Gasteiger partial charge is 0.262 e. The minimum atomic E-state index is -0.981. The Bertz CT molecular complexity index is 1090. The number of hydroxylamine groups is 1. The van der Waals surface area contributed by atoms with Crippen molar-refractivity contribution in [3.05, 3.63) is 102 Å². The van der Waals surface area contributed by atoms with Gasteiger partial charge in [0.25, 0.3) is 5.91 Å². The Morgan fingerprint density at radius 1 is 0.800 bits per heavy atom. The fourth-order valence-electron chi connectivity index (χ4n) is 4.22. The summed E-state index contributed by atoms with van der Waals surface area (Å²) < 4.78 is 14.8. The molecular weight excluding hydrogens is 383 g/mol. The van der Waals surface area contributed by atoms with Gasteiger partial charge in [0, 0.05) is 5.56 Å². The number of halogens is 1. The molecule has 2 amide bonds. The molecule has 3 aromatic rings. The predicted molar refractivity (Wildman–Crippen MR) is 108 cm³/mol. The Balaban J connectivity index is 1.54. The first kappa shape index (κ1) is 18.5. The molecule has 5 nitrogen and oxygen atoms in total. The van der Waals surface area contributed by atoms with Crippen LogP contribution in [0.2, 0.25) is 0 Å². The molecule has 2 saturated heterocycles. The van der Waals surface area contributed by atoms with E-state index in [1.54, 1.807) is 18.2 Å². The highest BCUT2D eigenvalue weighted by molar-refractivity contribution is 6.07. The SMILES string of the molecule is O=C1[C@@H]2[C@@H](ON(c3ccccc3)[C@H]2c2ccccc2F)C(=O)N1Cc1ccccc1. The van der Waals surface area contributed by atoms with Crippen LogP contribution in [0.25, 0.3) is 0 Å². The Hall–Kier alpha value is -3.51. The standard InChI is InChI=1S/C24H19FN2O3/c25-19-14-8-7-13-18(19)21-20-22(30-27(21)17-11-5-2-6-12-17)24(29)26(23(20)28)15-16-9-3-1-4-10-16/h1-14,20-22H,15H2/t20-,21-,22+/m0/s1. The van der Waals surface area contributed by atoms with Crippen LogP contribution in [0.1, 0.15) is 17.2 Å². The highest BCUT2D eigenvalue weighted by Crippen LogP contribution is 2.47. The van der Waals surface area contributed by atoms with E-state index in [1.807, 2.05) is 60.7 Å². The number of benzene rings is 3. The fraction of sp³-hybridized carbons (Fsp3) is 0.167. The lowest BCUT2D eigenvalue weighted by Crippen LogP contribution is -2.37. The Labute approximate surface area is 173 Å². The lowest BCUT2D eigenvalue weighted by Gasteiger charge is -2.29. The van der Waals surface area contributed by atoms with E-state index >= 15 is 0 Å². The minimum Gasteiger partial charge on any atom is -0.275 e. The number of fused-ring (bicyclic) bond motifs is 1. The van der Waals surface area contributed by atoms with Crippen LogP contribution >= 0.6 is 0 Å². The second-order valence-corrected chi connectivity index (χ2v) is 7.43. The maximum Gasteiger partial charge on any atom is 0.262 e. The summed E-state index contributed by atoms with van der Waals surface area (Å²) in [5, 5.41) is 1.50. The Morgan fingerprint density at radius 3 is 2.13 bits per heavy atom. The van der Waals surface area contributed by atoms with Crippen molar-refractivity contribution in [1.29, 1.82) is 0 Å². The van der Waals surface area contributed by atoms with Gasteiger partial charge in [0.15, 0.2) is 6.10 Å². The molecule has 6 heteroatoms. The summed E-state index contributed by atoms with van der Waals surface area (Å²) in [7, 11) is 0. The van der Waals surface area contributed by atoms with Crippen molar-refractivity contribution < 1.29 is 18.8 Å². The van der Waals surface area contributed by atoms with Crippen LogP contribution in [-0.4, -0.2) is 22.8 Å². The van der Waals surface area contributed by atoms with E-state index in [2.05, 4.69) is 0 Å². The lowest BCUT2D eigenvalue weighted by atomic mass is 9.90. The van der Waals surface area contributed by atoms with E-state index in [1.165, 1.54) is 16.0 Å². The van der Waals surface area contributed by atoms with E-state index in [4.69, 9.17) is 4.84 Å². The van der Waals surface area contributed by atoms with Gasteiger partial charge in [-0.15, -0.1) is 0 Å². The highest BCUT2D eigenvalue weighted by Gasteiger charge is 2.60. The number of carbonyl (C=O) groups excluding carboxylic acids is 2. The van der Waals surface area contributed by atoms with Gasteiger partial charge in [0.05, 0.1) is 18.3 Å². The molecule has 5 rings (SSSR count). The average Bonchev–Trinajstić information content (AvgIpc) is 3.27. The van der Waals surface area contributed by atoms with Crippen molar-refractivity contribution >= 4 is 17.5 Å². The summed E-state index contributed by atoms with van der Waals surface area (Å²) in [6.07, 6.45) is -0.981. The second-order valence-electron chi connectivity index (χ2n) is 7.43. The monoisotopic (exact) mass is 402 g/mol. The van der Waals surface area contributed by atoms with Gasteiger partial charge >= 0.3 is 0 Å². The van der Waals surface area contributed by atoms with Gasteiger partial charge in [-0.2, -0.15) is 0 Å². The van der Waals surface area contributed by atoms with Gasteiger partial charge in [-0.1, -0.05) is 66.7 Å². The molecule has 2 aliphatic heterocycles. The zero-order chi connectivity index (χ0) is 20.7. The maximum atomic E-state index is 14.8. The zero-order valence-electron chi connectivity index (χ0n) is 16.0. The summed E-state index contributed by atoms with van der Waals surface area (Å²) in [6, 6.07) is 24.0. The zero-order valence-corrected chi connectivity index (χ0v) is 16.0. The number of amides is 2. The number of nitrogens with zero attached hydrogens (tertiary/aromatic N) is 2. The first-order valence-electron chi connectivity index (χ1n) is 9.80. The van der Waals surface area contributed by atoms with Gasteiger partial charge < -0.3 is 0 Å². The topological polar surface area (TPSA) is 49.9 Å². The molecule has 2 fully saturated rings. The Morgan fingerprint density at radius 2 is 1.43 bits per heavy atom. The normalized spacial score (nSPS) is 23.2. The number of rotatable bonds is 4. The van der Waals surface area contributed by atoms with Gasteiger partial charge in [-0.25, -0.2) is 9.45 Å². The summed E-state index contributed by atoms with van der Waals surface area (Å²) >= 11 is 0. The first-order chi connectivity index (χ1) is 14.6.